The van der Waals surface area contributed by atoms with Gasteiger partial charge >= 0.3 is 0 Å². The number of H-pyrrole nitrogens is 1. The summed E-state index contributed by atoms with van der Waals surface area (Å²) in [5.41, 5.74) is 1.73. The maximum atomic E-state index is 12.1. The van der Waals surface area contributed by atoms with Crippen LogP contribution in [0.1, 0.15) is 11.3 Å². The van der Waals surface area contributed by atoms with Crippen LogP contribution in [0.25, 0.3) is 17.0 Å². The van der Waals surface area contributed by atoms with Crippen LogP contribution in [0, 0.1) is 18.3 Å². The maximum absolute atomic E-state index is 12.1. The number of carbonyl (C=O) groups excluding carboxylic acids is 1. The normalized spacial score (nSPS) is 11.4. The molecule has 0 spiro atoms. The first-order chi connectivity index (χ1) is 10.7. The van der Waals surface area contributed by atoms with Crippen LogP contribution in [0.2, 0.25) is 0 Å². The Balaban J connectivity index is 1.92. The van der Waals surface area contributed by atoms with Crippen LogP contribution in [0.4, 0.5) is 5.82 Å². The van der Waals surface area contributed by atoms with Gasteiger partial charge in [-0.3, -0.25) is 4.79 Å². The second kappa shape index (κ2) is 5.58. The summed E-state index contributed by atoms with van der Waals surface area (Å²) in [6.45, 7) is 1.72. The summed E-state index contributed by atoms with van der Waals surface area (Å²) in [5, 5.41) is 16.4. The van der Waals surface area contributed by atoms with E-state index in [4.69, 9.17) is 4.52 Å². The van der Waals surface area contributed by atoms with Crippen molar-refractivity contribution in [2.45, 2.75) is 6.92 Å². The number of aromatic nitrogens is 2. The number of amides is 1. The molecule has 108 valence electrons. The lowest BCUT2D eigenvalue weighted by Gasteiger charge is -2.01. The number of nitrogens with one attached hydrogen (secondary N) is 2. The van der Waals surface area contributed by atoms with Crippen molar-refractivity contribution >= 4 is 28.7 Å². The lowest BCUT2D eigenvalue weighted by Crippen LogP contribution is -2.13. The van der Waals surface area contributed by atoms with Crippen molar-refractivity contribution in [2.75, 3.05) is 5.32 Å². The smallest absolute Gasteiger partial charge is 0.267 e. The van der Waals surface area contributed by atoms with Crippen molar-refractivity contribution in [3.05, 3.63) is 53.4 Å². The molecule has 0 aliphatic heterocycles. The van der Waals surface area contributed by atoms with Gasteiger partial charge in [-0.15, -0.1) is 0 Å². The van der Waals surface area contributed by atoms with Crippen molar-refractivity contribution in [1.29, 1.82) is 5.26 Å². The van der Waals surface area contributed by atoms with Crippen LogP contribution < -0.4 is 5.32 Å². The second-order valence-corrected chi connectivity index (χ2v) is 4.73. The third kappa shape index (κ3) is 2.60. The monoisotopic (exact) mass is 292 g/mol. The van der Waals surface area contributed by atoms with Crippen LogP contribution >= 0.6 is 0 Å². The molecule has 2 aromatic heterocycles. The number of nitrogens with zero attached hydrogens (tertiary/aromatic N) is 2. The molecule has 0 saturated carbocycles. The largest absolute Gasteiger partial charge is 0.361 e. The van der Waals surface area contributed by atoms with Crippen molar-refractivity contribution in [3.63, 3.8) is 0 Å². The molecule has 1 aromatic carbocycles. The molecule has 0 radical (unpaired) electrons. The number of aromatic amines is 1. The number of rotatable bonds is 3. The average molecular weight is 292 g/mol. The first kappa shape index (κ1) is 13.6. The molecule has 0 unspecified atom stereocenters. The quantitative estimate of drug-likeness (QED) is 0.573. The fourth-order valence-electron chi connectivity index (χ4n) is 2.15. The van der Waals surface area contributed by atoms with Gasteiger partial charge in [0.1, 0.15) is 17.4 Å². The Hall–Kier alpha value is -3.33. The van der Waals surface area contributed by atoms with Gasteiger partial charge in [0.05, 0.1) is 0 Å². The number of benzene rings is 1. The molecule has 1 amide bonds. The fourth-order valence-corrected chi connectivity index (χ4v) is 2.15. The Bertz CT molecular complexity index is 912. The highest BCUT2D eigenvalue weighted by molar-refractivity contribution is 6.10. The van der Waals surface area contributed by atoms with Gasteiger partial charge in [-0.2, -0.15) is 5.26 Å². The molecule has 3 aromatic rings. The number of aryl methyl sites for hydroxylation is 1. The zero-order chi connectivity index (χ0) is 15.5. The second-order valence-electron chi connectivity index (χ2n) is 4.73. The number of carbonyl (C=O) groups is 1. The Morgan fingerprint density at radius 3 is 3.05 bits per heavy atom. The van der Waals surface area contributed by atoms with Gasteiger partial charge in [-0.05, 0) is 30.7 Å². The first-order valence-electron chi connectivity index (χ1n) is 6.60. The lowest BCUT2D eigenvalue weighted by atomic mass is 10.1. The summed E-state index contributed by atoms with van der Waals surface area (Å²) in [4.78, 5) is 15.2. The highest BCUT2D eigenvalue weighted by Crippen LogP contribution is 2.20. The summed E-state index contributed by atoms with van der Waals surface area (Å²) < 4.78 is 4.87. The summed E-state index contributed by atoms with van der Waals surface area (Å²) in [6.07, 6.45) is 3.37. The van der Waals surface area contributed by atoms with E-state index in [1.807, 2.05) is 36.5 Å². The fraction of sp³-hybridized carbons (Fsp3) is 0.0625. The molecule has 0 bridgehead atoms. The summed E-state index contributed by atoms with van der Waals surface area (Å²) >= 11 is 0. The minimum absolute atomic E-state index is 0.00523. The molecule has 6 heteroatoms. The number of fused-ring (bicyclic) bond motifs is 1. The Kier molecular flexibility index (Phi) is 3.46. The molecule has 6 nitrogen and oxygen atoms in total. The predicted molar refractivity (Wildman–Crippen MR) is 81.8 cm³/mol. The summed E-state index contributed by atoms with van der Waals surface area (Å²) in [5.74, 6) is 0.335. The van der Waals surface area contributed by atoms with Gasteiger partial charge in [0.25, 0.3) is 5.91 Å². The molecule has 0 aliphatic rings. The van der Waals surface area contributed by atoms with Gasteiger partial charge in [0.15, 0.2) is 5.82 Å². The number of nitriles is 1. The molecule has 0 saturated heterocycles. The van der Waals surface area contributed by atoms with Crippen molar-refractivity contribution in [3.8, 4) is 6.07 Å². The zero-order valence-corrected chi connectivity index (χ0v) is 11.8. The molecule has 22 heavy (non-hydrogen) atoms. The standard InChI is InChI=1S/C16H12N4O2/c1-10-7-15(20-22-10)19-16(21)12(9-17)8-11-3-2-4-14-13(11)5-6-18-14/h2-8,18H,1H3,(H,19,20,21). The minimum atomic E-state index is -0.525. The third-order valence-electron chi connectivity index (χ3n) is 3.16. The zero-order valence-electron chi connectivity index (χ0n) is 11.8. The molecule has 0 aliphatic carbocycles. The number of hydrogen-bond donors (Lipinski definition) is 2. The Morgan fingerprint density at radius 2 is 2.32 bits per heavy atom. The van der Waals surface area contributed by atoms with Crippen molar-refractivity contribution < 1.29 is 9.32 Å². The average Bonchev–Trinajstić information content (AvgIpc) is 3.13. The van der Waals surface area contributed by atoms with Gasteiger partial charge in [-0.1, -0.05) is 17.3 Å². The van der Waals surface area contributed by atoms with Crippen LogP contribution in [0.3, 0.4) is 0 Å². The van der Waals surface area contributed by atoms with Gasteiger partial charge in [-0.25, -0.2) is 0 Å². The molecular formula is C16H12N4O2. The highest BCUT2D eigenvalue weighted by atomic mass is 16.5. The molecule has 0 atom stereocenters. The topological polar surface area (TPSA) is 94.7 Å². The highest BCUT2D eigenvalue weighted by Gasteiger charge is 2.12. The summed E-state index contributed by atoms with van der Waals surface area (Å²) in [7, 11) is 0. The molecule has 2 N–H and O–H groups in total. The van der Waals surface area contributed by atoms with Crippen molar-refractivity contribution in [1.82, 2.24) is 10.1 Å². The van der Waals surface area contributed by atoms with Crippen molar-refractivity contribution in [2.24, 2.45) is 0 Å². The predicted octanol–water partition coefficient (Wildman–Crippen LogP) is 3.01. The van der Waals surface area contributed by atoms with Crippen LogP contribution in [0.15, 0.2) is 46.6 Å². The van der Waals surface area contributed by atoms with E-state index < -0.39 is 5.91 Å². The van der Waals surface area contributed by atoms with Crippen LogP contribution in [0.5, 0.6) is 0 Å². The summed E-state index contributed by atoms with van der Waals surface area (Å²) in [6, 6.07) is 11.0. The van der Waals surface area contributed by atoms with Crippen LogP contribution in [-0.4, -0.2) is 16.0 Å². The van der Waals surface area contributed by atoms with Gasteiger partial charge in [0.2, 0.25) is 0 Å². The maximum Gasteiger partial charge on any atom is 0.267 e. The first-order valence-corrected chi connectivity index (χ1v) is 6.60. The molecular weight excluding hydrogens is 280 g/mol. The van der Waals surface area contributed by atoms with Gasteiger partial charge < -0.3 is 14.8 Å². The molecule has 3 rings (SSSR count). The van der Waals surface area contributed by atoms with E-state index in [9.17, 15) is 10.1 Å². The van der Waals surface area contributed by atoms with Gasteiger partial charge in [0, 0.05) is 23.2 Å². The Morgan fingerprint density at radius 1 is 1.45 bits per heavy atom. The Labute approximate surface area is 126 Å². The lowest BCUT2D eigenvalue weighted by molar-refractivity contribution is -0.112. The number of anilines is 1. The van der Waals surface area contributed by atoms with E-state index in [0.29, 0.717) is 5.76 Å². The SMILES string of the molecule is Cc1cc(NC(=O)C(C#N)=Cc2cccc3[nH]ccc23)no1. The van der Waals surface area contributed by atoms with E-state index in [1.54, 1.807) is 19.1 Å². The van der Waals surface area contributed by atoms with E-state index in [0.717, 1.165) is 16.5 Å². The van der Waals surface area contributed by atoms with E-state index >= 15 is 0 Å². The van der Waals surface area contributed by atoms with E-state index in [1.165, 1.54) is 0 Å². The van der Waals surface area contributed by atoms with E-state index in [-0.39, 0.29) is 11.4 Å². The molecule has 0 fully saturated rings. The molecule has 2 heterocycles. The number of hydrogen-bond acceptors (Lipinski definition) is 4. The minimum Gasteiger partial charge on any atom is -0.361 e. The third-order valence-corrected chi connectivity index (χ3v) is 3.16. The van der Waals surface area contributed by atoms with E-state index in [2.05, 4.69) is 15.5 Å². The van der Waals surface area contributed by atoms with Crippen LogP contribution in [-0.2, 0) is 4.79 Å².